The van der Waals surface area contributed by atoms with Crippen LogP contribution in [0.4, 0.5) is 13.2 Å². The lowest BCUT2D eigenvalue weighted by molar-refractivity contribution is -0.137. The molecule has 2 N–H and O–H groups in total. The zero-order valence-corrected chi connectivity index (χ0v) is 14.0. The van der Waals surface area contributed by atoms with Crippen molar-refractivity contribution < 1.29 is 23.1 Å². The highest BCUT2D eigenvalue weighted by Crippen LogP contribution is 2.32. The van der Waals surface area contributed by atoms with Gasteiger partial charge in [-0.15, -0.1) is 0 Å². The maximum absolute atomic E-state index is 12.8. The largest absolute Gasteiger partial charge is 0.416 e. The second-order valence-electron chi connectivity index (χ2n) is 6.25. The van der Waals surface area contributed by atoms with E-state index in [0.717, 1.165) is 12.1 Å². The first-order chi connectivity index (χ1) is 11.7. The Morgan fingerprint density at radius 1 is 1.08 bits per heavy atom. The maximum Gasteiger partial charge on any atom is 0.416 e. The standard InChI is InChI=1S/C19H20F3NO2/c1-12(2)11-23-18(25)14-8-6-13(7-9-14)17(24)15-4-3-5-16(10-15)19(20,21)22/h3-10,12,17,24H,11H2,1-2H3,(H,23,25). The Hall–Kier alpha value is -2.34. The molecule has 0 fully saturated rings. The molecule has 1 amide bonds. The quantitative estimate of drug-likeness (QED) is 0.849. The van der Waals surface area contributed by atoms with Gasteiger partial charge in [0.1, 0.15) is 6.10 Å². The Morgan fingerprint density at radius 3 is 2.28 bits per heavy atom. The van der Waals surface area contributed by atoms with Crippen molar-refractivity contribution >= 4 is 5.91 Å². The second-order valence-corrected chi connectivity index (χ2v) is 6.25. The number of carbonyl (C=O) groups excluding carboxylic acids is 1. The molecule has 0 radical (unpaired) electrons. The fourth-order valence-electron chi connectivity index (χ4n) is 2.29. The van der Waals surface area contributed by atoms with Crippen LogP contribution < -0.4 is 5.32 Å². The van der Waals surface area contributed by atoms with Crippen LogP contribution in [0.15, 0.2) is 48.5 Å². The minimum Gasteiger partial charge on any atom is -0.384 e. The highest BCUT2D eigenvalue weighted by Gasteiger charge is 2.31. The summed E-state index contributed by atoms with van der Waals surface area (Å²) in [5, 5.41) is 13.1. The molecular weight excluding hydrogens is 331 g/mol. The van der Waals surface area contributed by atoms with Gasteiger partial charge in [0.2, 0.25) is 0 Å². The predicted octanol–water partition coefficient (Wildman–Crippen LogP) is 4.17. The third kappa shape index (κ3) is 5.06. The van der Waals surface area contributed by atoms with Crippen LogP contribution in [-0.2, 0) is 6.18 Å². The van der Waals surface area contributed by atoms with Gasteiger partial charge in [0, 0.05) is 12.1 Å². The lowest BCUT2D eigenvalue weighted by Crippen LogP contribution is -2.27. The molecule has 6 heteroatoms. The van der Waals surface area contributed by atoms with E-state index in [1.54, 1.807) is 12.1 Å². The zero-order chi connectivity index (χ0) is 18.6. The van der Waals surface area contributed by atoms with E-state index >= 15 is 0 Å². The summed E-state index contributed by atoms with van der Waals surface area (Å²) in [5.74, 6) is 0.0970. The number of benzene rings is 2. The van der Waals surface area contributed by atoms with E-state index in [-0.39, 0.29) is 11.5 Å². The second kappa shape index (κ2) is 7.70. The van der Waals surface area contributed by atoms with Crippen LogP contribution in [0.3, 0.4) is 0 Å². The average molecular weight is 351 g/mol. The first-order valence-corrected chi connectivity index (χ1v) is 7.92. The fourth-order valence-corrected chi connectivity index (χ4v) is 2.29. The van der Waals surface area contributed by atoms with Crippen LogP contribution >= 0.6 is 0 Å². The van der Waals surface area contributed by atoms with Crippen molar-refractivity contribution in [1.29, 1.82) is 0 Å². The van der Waals surface area contributed by atoms with Gasteiger partial charge in [0.05, 0.1) is 5.56 Å². The molecule has 0 aromatic heterocycles. The number of carbonyl (C=O) groups is 1. The smallest absolute Gasteiger partial charge is 0.384 e. The van der Waals surface area contributed by atoms with E-state index in [9.17, 15) is 23.1 Å². The minimum atomic E-state index is -4.46. The molecule has 0 spiro atoms. The van der Waals surface area contributed by atoms with Crippen molar-refractivity contribution in [3.05, 3.63) is 70.8 Å². The molecule has 0 saturated carbocycles. The Balaban J connectivity index is 2.15. The Bertz CT molecular complexity index is 724. The molecule has 0 aliphatic heterocycles. The number of alkyl halides is 3. The summed E-state index contributed by atoms with van der Waals surface area (Å²) < 4.78 is 38.3. The van der Waals surface area contributed by atoms with Gasteiger partial charge >= 0.3 is 6.18 Å². The van der Waals surface area contributed by atoms with Gasteiger partial charge in [-0.2, -0.15) is 13.2 Å². The van der Waals surface area contributed by atoms with Crippen molar-refractivity contribution in [2.45, 2.75) is 26.1 Å². The summed E-state index contributed by atoms with van der Waals surface area (Å²) in [6.45, 7) is 4.51. The molecule has 2 aromatic rings. The van der Waals surface area contributed by atoms with Gasteiger partial charge in [-0.05, 0) is 41.3 Å². The third-order valence-corrected chi connectivity index (χ3v) is 3.69. The Labute approximate surface area is 144 Å². The normalized spacial score (nSPS) is 12.9. The molecule has 134 valence electrons. The van der Waals surface area contributed by atoms with Crippen LogP contribution in [-0.4, -0.2) is 17.6 Å². The molecule has 0 aliphatic carbocycles. The molecule has 1 atom stereocenters. The number of hydrogen-bond donors (Lipinski definition) is 2. The number of aliphatic hydroxyl groups is 1. The van der Waals surface area contributed by atoms with E-state index in [2.05, 4.69) is 5.32 Å². The van der Waals surface area contributed by atoms with Crippen LogP contribution in [0.5, 0.6) is 0 Å². The molecule has 1 unspecified atom stereocenters. The van der Waals surface area contributed by atoms with Gasteiger partial charge in [-0.25, -0.2) is 0 Å². The maximum atomic E-state index is 12.8. The van der Waals surface area contributed by atoms with Crippen molar-refractivity contribution in [3.63, 3.8) is 0 Å². The summed E-state index contributed by atoms with van der Waals surface area (Å²) in [7, 11) is 0. The number of rotatable bonds is 5. The molecule has 2 rings (SSSR count). The van der Waals surface area contributed by atoms with Crippen molar-refractivity contribution in [1.82, 2.24) is 5.32 Å². The number of nitrogens with one attached hydrogen (secondary N) is 1. The molecule has 2 aromatic carbocycles. The van der Waals surface area contributed by atoms with Crippen molar-refractivity contribution in [2.75, 3.05) is 6.54 Å². The van der Waals surface area contributed by atoms with Gasteiger partial charge < -0.3 is 10.4 Å². The summed E-state index contributed by atoms with van der Waals surface area (Å²) in [6.07, 6.45) is -5.66. The van der Waals surface area contributed by atoms with E-state index in [1.165, 1.54) is 24.3 Å². The van der Waals surface area contributed by atoms with Crippen LogP contribution in [0.1, 0.15) is 47.0 Å². The van der Waals surface area contributed by atoms with Gasteiger partial charge in [-0.3, -0.25) is 4.79 Å². The van der Waals surface area contributed by atoms with Crippen molar-refractivity contribution in [3.8, 4) is 0 Å². The molecule has 0 saturated heterocycles. The Kier molecular flexibility index (Phi) is 5.85. The monoisotopic (exact) mass is 351 g/mol. The van der Waals surface area contributed by atoms with Crippen LogP contribution in [0.2, 0.25) is 0 Å². The van der Waals surface area contributed by atoms with Crippen molar-refractivity contribution in [2.24, 2.45) is 5.92 Å². The topological polar surface area (TPSA) is 49.3 Å². The molecule has 0 heterocycles. The zero-order valence-electron chi connectivity index (χ0n) is 14.0. The molecule has 25 heavy (non-hydrogen) atoms. The van der Waals surface area contributed by atoms with E-state index < -0.39 is 17.8 Å². The summed E-state index contributed by atoms with van der Waals surface area (Å²) in [5.41, 5.74) is 0.181. The SMILES string of the molecule is CC(C)CNC(=O)c1ccc(C(O)c2cccc(C(F)(F)F)c2)cc1. The van der Waals surface area contributed by atoms with E-state index in [0.29, 0.717) is 23.6 Å². The number of amides is 1. The summed E-state index contributed by atoms with van der Waals surface area (Å²) in [6, 6.07) is 10.7. The first-order valence-electron chi connectivity index (χ1n) is 7.92. The molecular formula is C19H20F3NO2. The third-order valence-electron chi connectivity index (χ3n) is 3.69. The summed E-state index contributed by atoms with van der Waals surface area (Å²) in [4.78, 5) is 12.0. The number of hydrogen-bond acceptors (Lipinski definition) is 2. The number of aliphatic hydroxyl groups excluding tert-OH is 1. The highest BCUT2D eigenvalue weighted by molar-refractivity contribution is 5.94. The molecule has 3 nitrogen and oxygen atoms in total. The minimum absolute atomic E-state index is 0.145. The fraction of sp³-hybridized carbons (Fsp3) is 0.316. The van der Waals surface area contributed by atoms with Gasteiger partial charge in [-0.1, -0.05) is 38.1 Å². The molecule has 0 aliphatic rings. The number of halogens is 3. The van der Waals surface area contributed by atoms with E-state index in [1.807, 2.05) is 13.8 Å². The van der Waals surface area contributed by atoms with Crippen LogP contribution in [0.25, 0.3) is 0 Å². The lowest BCUT2D eigenvalue weighted by Gasteiger charge is -2.15. The van der Waals surface area contributed by atoms with E-state index in [4.69, 9.17) is 0 Å². The summed E-state index contributed by atoms with van der Waals surface area (Å²) >= 11 is 0. The predicted molar refractivity (Wildman–Crippen MR) is 89.1 cm³/mol. The van der Waals surface area contributed by atoms with Gasteiger partial charge in [0.15, 0.2) is 0 Å². The lowest BCUT2D eigenvalue weighted by atomic mass is 9.98. The average Bonchev–Trinajstić information content (AvgIpc) is 2.58. The molecule has 0 bridgehead atoms. The highest BCUT2D eigenvalue weighted by atomic mass is 19.4. The first kappa shape index (κ1) is 19.0. The Morgan fingerprint density at radius 2 is 1.72 bits per heavy atom. The van der Waals surface area contributed by atoms with Crippen LogP contribution in [0, 0.1) is 5.92 Å². The van der Waals surface area contributed by atoms with Gasteiger partial charge in [0.25, 0.3) is 5.91 Å².